The lowest BCUT2D eigenvalue weighted by atomic mass is 10.1. The number of carbonyl (C=O) groups is 1. The van der Waals surface area contributed by atoms with Crippen molar-refractivity contribution in [2.75, 3.05) is 11.1 Å². The quantitative estimate of drug-likeness (QED) is 0.709. The van der Waals surface area contributed by atoms with Crippen molar-refractivity contribution in [3.63, 3.8) is 0 Å². The van der Waals surface area contributed by atoms with Gasteiger partial charge in [0.05, 0.1) is 17.4 Å². The molecule has 1 amide bonds. The standard InChI is InChI=1S/C16H12FN3O/c17-12-5-11(6-13(18)8-12)16(21)20-14-7-10-3-1-2-4-15(10)19-9-14/h1-9H,18H2,(H,20,21). The van der Waals surface area contributed by atoms with Gasteiger partial charge in [0.1, 0.15) is 5.82 Å². The predicted octanol–water partition coefficient (Wildman–Crippen LogP) is 3.21. The summed E-state index contributed by atoms with van der Waals surface area (Å²) >= 11 is 0. The molecule has 1 heterocycles. The van der Waals surface area contributed by atoms with Gasteiger partial charge >= 0.3 is 0 Å². The zero-order valence-corrected chi connectivity index (χ0v) is 11.0. The number of nitrogens with two attached hydrogens (primary N) is 1. The highest BCUT2D eigenvalue weighted by atomic mass is 19.1. The van der Waals surface area contributed by atoms with Crippen LogP contribution in [0.5, 0.6) is 0 Å². The number of fused-ring (bicyclic) bond motifs is 1. The summed E-state index contributed by atoms with van der Waals surface area (Å²) in [7, 11) is 0. The van der Waals surface area contributed by atoms with Crippen LogP contribution in [-0.4, -0.2) is 10.9 Å². The molecule has 5 heteroatoms. The summed E-state index contributed by atoms with van der Waals surface area (Å²) in [6.45, 7) is 0. The summed E-state index contributed by atoms with van der Waals surface area (Å²) in [5.41, 5.74) is 7.29. The molecule has 0 bridgehead atoms. The molecule has 104 valence electrons. The van der Waals surface area contributed by atoms with E-state index >= 15 is 0 Å². The lowest BCUT2D eigenvalue weighted by Crippen LogP contribution is -2.12. The summed E-state index contributed by atoms with van der Waals surface area (Å²) < 4.78 is 13.3. The molecule has 0 fully saturated rings. The summed E-state index contributed by atoms with van der Waals surface area (Å²) in [5, 5.41) is 3.59. The second-order valence-corrected chi connectivity index (χ2v) is 4.64. The fourth-order valence-electron chi connectivity index (χ4n) is 2.09. The second kappa shape index (κ2) is 5.20. The maximum atomic E-state index is 13.3. The fourth-order valence-corrected chi connectivity index (χ4v) is 2.09. The molecule has 0 saturated heterocycles. The number of pyridine rings is 1. The van der Waals surface area contributed by atoms with E-state index in [1.54, 1.807) is 6.20 Å². The molecule has 0 atom stereocenters. The molecule has 0 saturated carbocycles. The highest BCUT2D eigenvalue weighted by molar-refractivity contribution is 6.05. The first kappa shape index (κ1) is 13.1. The fraction of sp³-hybridized carbons (Fsp3) is 0. The maximum absolute atomic E-state index is 13.3. The molecule has 0 aliphatic rings. The Labute approximate surface area is 120 Å². The van der Waals surface area contributed by atoms with Gasteiger partial charge in [-0.15, -0.1) is 0 Å². The molecule has 4 nitrogen and oxygen atoms in total. The average molecular weight is 281 g/mol. The van der Waals surface area contributed by atoms with Crippen LogP contribution in [-0.2, 0) is 0 Å². The van der Waals surface area contributed by atoms with Crippen molar-refractivity contribution in [3.8, 4) is 0 Å². The number of aromatic nitrogens is 1. The zero-order valence-electron chi connectivity index (χ0n) is 11.0. The van der Waals surface area contributed by atoms with Crippen molar-refractivity contribution < 1.29 is 9.18 Å². The van der Waals surface area contributed by atoms with Crippen molar-refractivity contribution in [1.82, 2.24) is 4.98 Å². The van der Waals surface area contributed by atoms with E-state index in [9.17, 15) is 9.18 Å². The number of nitrogen functional groups attached to an aromatic ring is 1. The number of para-hydroxylation sites is 1. The number of nitrogens with zero attached hydrogens (tertiary/aromatic N) is 1. The summed E-state index contributed by atoms with van der Waals surface area (Å²) in [6, 6.07) is 13.1. The van der Waals surface area contributed by atoms with Crippen molar-refractivity contribution >= 4 is 28.2 Å². The Hall–Kier alpha value is -2.95. The summed E-state index contributed by atoms with van der Waals surface area (Å²) in [5.74, 6) is -0.977. The highest BCUT2D eigenvalue weighted by Crippen LogP contribution is 2.18. The van der Waals surface area contributed by atoms with Crippen LogP contribution in [0.3, 0.4) is 0 Å². The number of rotatable bonds is 2. The van der Waals surface area contributed by atoms with Crippen LogP contribution in [0.2, 0.25) is 0 Å². The van der Waals surface area contributed by atoms with Crippen LogP contribution in [0.15, 0.2) is 54.7 Å². The number of hydrogen-bond donors (Lipinski definition) is 2. The van der Waals surface area contributed by atoms with E-state index in [-0.39, 0.29) is 11.3 Å². The van der Waals surface area contributed by atoms with Crippen LogP contribution in [0.1, 0.15) is 10.4 Å². The number of hydrogen-bond acceptors (Lipinski definition) is 3. The molecule has 3 N–H and O–H groups in total. The molecular formula is C16H12FN3O. The van der Waals surface area contributed by atoms with E-state index in [2.05, 4.69) is 10.3 Å². The first-order valence-electron chi connectivity index (χ1n) is 6.34. The molecule has 3 aromatic rings. The number of halogens is 1. The van der Waals surface area contributed by atoms with Crippen molar-refractivity contribution in [3.05, 3.63) is 66.1 Å². The van der Waals surface area contributed by atoms with E-state index in [1.165, 1.54) is 6.07 Å². The Morgan fingerprint density at radius 1 is 1.14 bits per heavy atom. The number of amides is 1. The van der Waals surface area contributed by atoms with Crippen molar-refractivity contribution in [2.24, 2.45) is 0 Å². The minimum Gasteiger partial charge on any atom is -0.399 e. The molecule has 0 aliphatic carbocycles. The van der Waals surface area contributed by atoms with Gasteiger partial charge in [-0.3, -0.25) is 9.78 Å². The van der Waals surface area contributed by atoms with Crippen molar-refractivity contribution in [1.29, 1.82) is 0 Å². The molecule has 0 spiro atoms. The van der Waals surface area contributed by atoms with E-state index in [0.717, 1.165) is 23.0 Å². The Kier molecular flexibility index (Phi) is 3.23. The number of carbonyl (C=O) groups excluding carboxylic acids is 1. The largest absolute Gasteiger partial charge is 0.399 e. The van der Waals surface area contributed by atoms with Gasteiger partial charge in [-0.05, 0) is 30.3 Å². The van der Waals surface area contributed by atoms with Gasteiger partial charge < -0.3 is 11.1 Å². The molecule has 2 aromatic carbocycles. The Morgan fingerprint density at radius 3 is 2.76 bits per heavy atom. The van der Waals surface area contributed by atoms with E-state index < -0.39 is 11.7 Å². The van der Waals surface area contributed by atoms with Gasteiger partial charge in [0.2, 0.25) is 0 Å². The Bertz CT molecular complexity index is 812. The van der Waals surface area contributed by atoms with Crippen LogP contribution < -0.4 is 11.1 Å². The van der Waals surface area contributed by atoms with E-state index in [0.29, 0.717) is 5.69 Å². The Balaban J connectivity index is 1.88. The van der Waals surface area contributed by atoms with Gasteiger partial charge in [-0.25, -0.2) is 4.39 Å². The number of benzene rings is 2. The van der Waals surface area contributed by atoms with Gasteiger partial charge in [0, 0.05) is 16.6 Å². The maximum Gasteiger partial charge on any atom is 0.255 e. The SMILES string of the molecule is Nc1cc(F)cc(C(=O)Nc2cnc3ccccc3c2)c1. The third-order valence-corrected chi connectivity index (χ3v) is 3.03. The first-order valence-corrected chi connectivity index (χ1v) is 6.34. The van der Waals surface area contributed by atoms with Gasteiger partial charge in [-0.1, -0.05) is 18.2 Å². The van der Waals surface area contributed by atoms with Crippen molar-refractivity contribution in [2.45, 2.75) is 0 Å². The third kappa shape index (κ3) is 2.81. The minimum absolute atomic E-state index is 0.167. The summed E-state index contributed by atoms with van der Waals surface area (Å²) in [6.07, 6.45) is 1.56. The lowest BCUT2D eigenvalue weighted by molar-refractivity contribution is 0.102. The molecule has 0 radical (unpaired) electrons. The molecular weight excluding hydrogens is 269 g/mol. The van der Waals surface area contributed by atoms with Gasteiger partial charge in [-0.2, -0.15) is 0 Å². The van der Waals surface area contributed by atoms with E-state index in [4.69, 9.17) is 5.73 Å². The first-order chi connectivity index (χ1) is 10.1. The summed E-state index contributed by atoms with van der Waals surface area (Å²) in [4.78, 5) is 16.3. The average Bonchev–Trinajstić information content (AvgIpc) is 2.46. The van der Waals surface area contributed by atoms with Gasteiger partial charge in [0.15, 0.2) is 0 Å². The smallest absolute Gasteiger partial charge is 0.255 e. The predicted molar refractivity (Wildman–Crippen MR) is 80.5 cm³/mol. The molecule has 21 heavy (non-hydrogen) atoms. The molecule has 0 unspecified atom stereocenters. The monoisotopic (exact) mass is 281 g/mol. The zero-order chi connectivity index (χ0) is 14.8. The van der Waals surface area contributed by atoms with E-state index in [1.807, 2.05) is 30.3 Å². The van der Waals surface area contributed by atoms with Crippen LogP contribution >= 0.6 is 0 Å². The van der Waals surface area contributed by atoms with Crippen LogP contribution in [0, 0.1) is 5.82 Å². The lowest BCUT2D eigenvalue weighted by Gasteiger charge is -2.07. The molecule has 1 aromatic heterocycles. The third-order valence-electron chi connectivity index (χ3n) is 3.03. The minimum atomic E-state index is -0.545. The van der Waals surface area contributed by atoms with Gasteiger partial charge in [0.25, 0.3) is 5.91 Å². The Morgan fingerprint density at radius 2 is 1.95 bits per heavy atom. The topological polar surface area (TPSA) is 68.0 Å². The van der Waals surface area contributed by atoms with Crippen LogP contribution in [0.25, 0.3) is 10.9 Å². The van der Waals surface area contributed by atoms with Crippen LogP contribution in [0.4, 0.5) is 15.8 Å². The normalized spacial score (nSPS) is 10.5. The molecule has 3 rings (SSSR count). The number of anilines is 2. The number of nitrogens with one attached hydrogen (secondary N) is 1. The highest BCUT2D eigenvalue weighted by Gasteiger charge is 2.09. The molecule has 0 aliphatic heterocycles. The second-order valence-electron chi connectivity index (χ2n) is 4.64.